The number of hydrogen-bond donors (Lipinski definition) is 2. The summed E-state index contributed by atoms with van der Waals surface area (Å²) in [5.41, 5.74) is 1.12. The molecule has 8 heteroatoms. The number of imidazole rings is 1. The SMILES string of the molecule is COc1cc(/C=C(\Cl)c2nc3cc(F)c(F)cc3[nH]2)cc(Cl)c1O. The van der Waals surface area contributed by atoms with Crippen LogP contribution in [0.2, 0.25) is 5.02 Å². The molecule has 0 bridgehead atoms. The van der Waals surface area contributed by atoms with E-state index < -0.39 is 11.6 Å². The van der Waals surface area contributed by atoms with Gasteiger partial charge in [-0.3, -0.25) is 0 Å². The summed E-state index contributed by atoms with van der Waals surface area (Å²) in [7, 11) is 1.39. The molecular formula is C16H10Cl2F2N2O2. The third-order valence-electron chi connectivity index (χ3n) is 3.31. The molecule has 1 aromatic heterocycles. The Labute approximate surface area is 145 Å². The normalized spacial score (nSPS) is 12.0. The van der Waals surface area contributed by atoms with Gasteiger partial charge in [-0.15, -0.1) is 0 Å². The number of nitrogens with one attached hydrogen (secondary N) is 1. The number of methoxy groups -OCH3 is 1. The minimum atomic E-state index is -0.990. The largest absolute Gasteiger partial charge is 0.503 e. The first kappa shape index (κ1) is 16.5. The highest BCUT2D eigenvalue weighted by molar-refractivity contribution is 6.50. The van der Waals surface area contributed by atoms with Gasteiger partial charge in [-0.25, -0.2) is 13.8 Å². The number of phenols is 1. The van der Waals surface area contributed by atoms with Gasteiger partial charge in [-0.05, 0) is 23.8 Å². The van der Waals surface area contributed by atoms with E-state index in [0.717, 1.165) is 12.1 Å². The van der Waals surface area contributed by atoms with Crippen molar-refractivity contribution in [2.75, 3.05) is 7.11 Å². The molecule has 0 saturated carbocycles. The van der Waals surface area contributed by atoms with E-state index in [2.05, 4.69) is 9.97 Å². The fourth-order valence-corrected chi connectivity index (χ4v) is 2.60. The molecule has 1 heterocycles. The van der Waals surface area contributed by atoms with Crippen LogP contribution in [0.4, 0.5) is 8.78 Å². The summed E-state index contributed by atoms with van der Waals surface area (Å²) in [5, 5.41) is 10.0. The summed E-state index contributed by atoms with van der Waals surface area (Å²) in [4.78, 5) is 6.92. The first-order valence-electron chi connectivity index (χ1n) is 6.68. The summed E-state index contributed by atoms with van der Waals surface area (Å²) in [6.45, 7) is 0. The lowest BCUT2D eigenvalue weighted by atomic mass is 10.2. The number of hydrogen-bond acceptors (Lipinski definition) is 3. The van der Waals surface area contributed by atoms with E-state index in [1.165, 1.54) is 25.3 Å². The fraction of sp³-hybridized carbons (Fsp3) is 0.0625. The zero-order valence-electron chi connectivity index (χ0n) is 12.2. The van der Waals surface area contributed by atoms with Crippen molar-refractivity contribution >= 4 is 45.3 Å². The van der Waals surface area contributed by atoms with Crippen molar-refractivity contribution in [3.05, 3.63) is 52.3 Å². The Bertz CT molecular complexity index is 931. The maximum Gasteiger partial charge on any atom is 0.176 e. The van der Waals surface area contributed by atoms with Crippen LogP contribution in [0.25, 0.3) is 22.1 Å². The highest BCUT2D eigenvalue weighted by Crippen LogP contribution is 2.36. The van der Waals surface area contributed by atoms with Crippen LogP contribution in [0.1, 0.15) is 11.4 Å². The standard InChI is InChI=1S/C16H10Cl2F2N2O2/c1-24-14-4-7(2-8(17)15(14)23)3-9(18)16-21-12-5-10(19)11(20)6-13(12)22-16/h2-6,23H,1H3,(H,21,22)/b9-3-. The van der Waals surface area contributed by atoms with Gasteiger partial charge in [0.2, 0.25) is 0 Å². The minimum absolute atomic E-state index is 0.0961. The average molecular weight is 371 g/mol. The maximum atomic E-state index is 13.2. The third kappa shape index (κ3) is 3.02. The smallest absolute Gasteiger partial charge is 0.176 e. The molecule has 0 radical (unpaired) electrons. The molecule has 3 rings (SSSR count). The lowest BCUT2D eigenvalue weighted by Gasteiger charge is -2.06. The summed E-state index contributed by atoms with van der Waals surface area (Å²) in [5.74, 6) is -1.72. The minimum Gasteiger partial charge on any atom is -0.503 e. The highest BCUT2D eigenvalue weighted by atomic mass is 35.5. The van der Waals surface area contributed by atoms with Crippen molar-refractivity contribution in [2.24, 2.45) is 0 Å². The molecule has 124 valence electrons. The molecule has 0 spiro atoms. The number of H-pyrrole nitrogens is 1. The number of aromatic nitrogens is 2. The highest BCUT2D eigenvalue weighted by Gasteiger charge is 2.12. The van der Waals surface area contributed by atoms with Crippen LogP contribution in [-0.2, 0) is 0 Å². The van der Waals surface area contributed by atoms with E-state index in [9.17, 15) is 13.9 Å². The number of fused-ring (bicyclic) bond motifs is 1. The lowest BCUT2D eigenvalue weighted by molar-refractivity contribution is 0.373. The maximum absolute atomic E-state index is 13.2. The molecule has 24 heavy (non-hydrogen) atoms. The Hall–Kier alpha value is -2.31. The number of aromatic amines is 1. The Kier molecular flexibility index (Phi) is 4.34. The van der Waals surface area contributed by atoms with Crippen LogP contribution in [0.3, 0.4) is 0 Å². The Morgan fingerprint density at radius 2 is 1.96 bits per heavy atom. The fourth-order valence-electron chi connectivity index (χ4n) is 2.17. The van der Waals surface area contributed by atoms with Crippen molar-refractivity contribution in [3.8, 4) is 11.5 Å². The van der Waals surface area contributed by atoms with Gasteiger partial charge in [0.05, 0.1) is 28.2 Å². The van der Waals surface area contributed by atoms with Crippen molar-refractivity contribution in [2.45, 2.75) is 0 Å². The van der Waals surface area contributed by atoms with Gasteiger partial charge >= 0.3 is 0 Å². The zero-order chi connectivity index (χ0) is 17.4. The second kappa shape index (κ2) is 6.30. The Balaban J connectivity index is 2.03. The van der Waals surface area contributed by atoms with Gasteiger partial charge in [-0.1, -0.05) is 23.2 Å². The lowest BCUT2D eigenvalue weighted by Crippen LogP contribution is -1.86. The second-order valence-corrected chi connectivity index (χ2v) is 5.73. The van der Waals surface area contributed by atoms with Crippen molar-refractivity contribution in [1.82, 2.24) is 9.97 Å². The number of benzene rings is 2. The molecule has 0 amide bonds. The summed E-state index contributed by atoms with van der Waals surface area (Å²) < 4.78 is 31.5. The van der Waals surface area contributed by atoms with Gasteiger partial charge in [0, 0.05) is 12.1 Å². The summed E-state index contributed by atoms with van der Waals surface area (Å²) in [6.07, 6.45) is 1.53. The van der Waals surface area contributed by atoms with Gasteiger partial charge in [-0.2, -0.15) is 0 Å². The molecule has 0 aliphatic rings. The molecule has 3 aromatic rings. The van der Waals surface area contributed by atoms with Gasteiger partial charge in [0.25, 0.3) is 0 Å². The van der Waals surface area contributed by atoms with E-state index in [0.29, 0.717) is 11.1 Å². The van der Waals surface area contributed by atoms with E-state index >= 15 is 0 Å². The van der Waals surface area contributed by atoms with E-state index in [4.69, 9.17) is 27.9 Å². The van der Waals surface area contributed by atoms with E-state index in [1.807, 2.05) is 0 Å². The van der Waals surface area contributed by atoms with Crippen molar-refractivity contribution < 1.29 is 18.6 Å². The van der Waals surface area contributed by atoms with Crippen LogP contribution >= 0.6 is 23.2 Å². The number of rotatable bonds is 3. The zero-order valence-corrected chi connectivity index (χ0v) is 13.7. The summed E-state index contributed by atoms with van der Waals surface area (Å²) >= 11 is 12.1. The number of phenolic OH excluding ortho intramolecular Hbond substituents is 1. The van der Waals surface area contributed by atoms with Crippen LogP contribution in [-0.4, -0.2) is 22.2 Å². The van der Waals surface area contributed by atoms with Gasteiger partial charge in [0.1, 0.15) is 5.82 Å². The number of ether oxygens (including phenoxy) is 1. The first-order valence-corrected chi connectivity index (χ1v) is 7.43. The molecule has 0 fully saturated rings. The second-order valence-electron chi connectivity index (χ2n) is 4.91. The summed E-state index contributed by atoms with van der Waals surface area (Å²) in [6, 6.07) is 5.01. The van der Waals surface area contributed by atoms with E-state index in [1.54, 1.807) is 0 Å². The van der Waals surface area contributed by atoms with Gasteiger partial charge in [0.15, 0.2) is 23.1 Å². The molecule has 0 saturated heterocycles. The number of aromatic hydroxyl groups is 1. The van der Waals surface area contributed by atoms with E-state index in [-0.39, 0.29) is 32.9 Å². The van der Waals surface area contributed by atoms with Crippen LogP contribution < -0.4 is 4.74 Å². The third-order valence-corrected chi connectivity index (χ3v) is 3.89. The van der Waals surface area contributed by atoms with Crippen molar-refractivity contribution in [1.29, 1.82) is 0 Å². The molecule has 2 aromatic carbocycles. The van der Waals surface area contributed by atoms with Crippen LogP contribution in [0.15, 0.2) is 24.3 Å². The van der Waals surface area contributed by atoms with Crippen molar-refractivity contribution in [3.63, 3.8) is 0 Å². The molecule has 4 nitrogen and oxygen atoms in total. The van der Waals surface area contributed by atoms with Gasteiger partial charge < -0.3 is 14.8 Å². The predicted molar refractivity (Wildman–Crippen MR) is 89.4 cm³/mol. The van der Waals surface area contributed by atoms with Crippen LogP contribution in [0.5, 0.6) is 11.5 Å². The monoisotopic (exact) mass is 370 g/mol. The molecule has 2 N–H and O–H groups in total. The Morgan fingerprint density at radius 3 is 2.67 bits per heavy atom. The average Bonchev–Trinajstić information content (AvgIpc) is 2.94. The predicted octanol–water partition coefficient (Wildman–Crippen LogP) is 4.95. The molecule has 0 aliphatic carbocycles. The molecule has 0 atom stereocenters. The molecule has 0 aliphatic heterocycles. The quantitative estimate of drug-likeness (QED) is 0.685. The topological polar surface area (TPSA) is 58.1 Å². The number of halogens is 4. The molecular weight excluding hydrogens is 361 g/mol. The molecule has 0 unspecified atom stereocenters. The number of nitrogens with zero attached hydrogens (tertiary/aromatic N) is 1. The van der Waals surface area contributed by atoms with Crippen LogP contribution in [0, 0.1) is 11.6 Å². The first-order chi connectivity index (χ1) is 11.4. The Morgan fingerprint density at radius 1 is 1.25 bits per heavy atom.